The lowest BCUT2D eigenvalue weighted by Crippen LogP contribution is -2.46. The Balaban J connectivity index is 1.68. The molecule has 2 amide bonds. The molecular formula is C17H19N5O2. The molecule has 0 atom stereocenters. The lowest BCUT2D eigenvalue weighted by atomic mass is 10.2. The van der Waals surface area contributed by atoms with E-state index in [4.69, 9.17) is 0 Å². The van der Waals surface area contributed by atoms with Gasteiger partial charge in [-0.3, -0.25) is 9.59 Å². The lowest BCUT2D eigenvalue weighted by molar-refractivity contribution is -0.118. The predicted octanol–water partition coefficient (Wildman–Crippen LogP) is 1.03. The van der Waals surface area contributed by atoms with E-state index in [9.17, 15) is 9.59 Å². The fourth-order valence-corrected chi connectivity index (χ4v) is 2.61. The summed E-state index contributed by atoms with van der Waals surface area (Å²) in [4.78, 5) is 28.6. The van der Waals surface area contributed by atoms with Crippen molar-refractivity contribution >= 4 is 23.8 Å². The summed E-state index contributed by atoms with van der Waals surface area (Å²) in [5.74, 6) is 0.519. The van der Waals surface area contributed by atoms with Crippen molar-refractivity contribution in [3.63, 3.8) is 0 Å². The van der Waals surface area contributed by atoms with Crippen LogP contribution in [-0.2, 0) is 4.79 Å². The minimum absolute atomic E-state index is 0.203. The molecule has 1 aliphatic rings. The van der Waals surface area contributed by atoms with Gasteiger partial charge in [0.25, 0.3) is 5.91 Å². The molecule has 0 spiro atoms. The van der Waals surface area contributed by atoms with Gasteiger partial charge in [0.2, 0.25) is 6.41 Å². The number of hydrogen-bond acceptors (Lipinski definition) is 5. The highest BCUT2D eigenvalue weighted by atomic mass is 16.2. The van der Waals surface area contributed by atoms with Gasteiger partial charge in [-0.05, 0) is 24.3 Å². The summed E-state index contributed by atoms with van der Waals surface area (Å²) in [5, 5.41) is 8.25. The lowest BCUT2D eigenvalue weighted by Gasteiger charge is -2.32. The van der Waals surface area contributed by atoms with Crippen molar-refractivity contribution < 1.29 is 9.59 Å². The molecule has 0 radical (unpaired) electrons. The molecule has 24 heavy (non-hydrogen) atoms. The number of amides is 2. The SMILES string of the molecule is CN(C(=O)c1ccc(N2CCN(C=O)CC2)nn1)c1ccccc1. The number of piperazine rings is 1. The molecule has 0 N–H and O–H groups in total. The summed E-state index contributed by atoms with van der Waals surface area (Å²) in [6.45, 7) is 2.76. The average Bonchev–Trinajstić information content (AvgIpc) is 2.68. The molecule has 1 saturated heterocycles. The standard InChI is InChI=1S/C17H19N5O2/c1-20(14-5-3-2-4-6-14)17(24)15-7-8-16(19-18-15)22-11-9-21(13-23)10-12-22/h2-8,13H,9-12H2,1H3. The average molecular weight is 325 g/mol. The maximum Gasteiger partial charge on any atom is 0.278 e. The fourth-order valence-electron chi connectivity index (χ4n) is 2.61. The van der Waals surface area contributed by atoms with Crippen molar-refractivity contribution in [2.24, 2.45) is 0 Å². The van der Waals surface area contributed by atoms with E-state index in [-0.39, 0.29) is 5.91 Å². The molecule has 2 heterocycles. The van der Waals surface area contributed by atoms with Crippen molar-refractivity contribution in [2.45, 2.75) is 0 Å². The fraction of sp³-hybridized carbons (Fsp3) is 0.294. The van der Waals surface area contributed by atoms with Gasteiger partial charge in [0, 0.05) is 38.9 Å². The predicted molar refractivity (Wildman–Crippen MR) is 91.1 cm³/mol. The number of carbonyl (C=O) groups excluding carboxylic acids is 2. The van der Waals surface area contributed by atoms with Gasteiger partial charge in [0.05, 0.1) is 0 Å². The third kappa shape index (κ3) is 3.34. The van der Waals surface area contributed by atoms with E-state index in [0.717, 1.165) is 17.9 Å². The quantitative estimate of drug-likeness (QED) is 0.786. The molecule has 124 valence electrons. The molecule has 7 heteroatoms. The second-order valence-corrected chi connectivity index (χ2v) is 5.60. The van der Waals surface area contributed by atoms with Gasteiger partial charge < -0.3 is 14.7 Å². The van der Waals surface area contributed by atoms with E-state index in [2.05, 4.69) is 15.1 Å². The first-order valence-electron chi connectivity index (χ1n) is 7.80. The molecule has 1 fully saturated rings. The Kier molecular flexibility index (Phi) is 4.69. The number of nitrogens with zero attached hydrogens (tertiary/aromatic N) is 5. The smallest absolute Gasteiger partial charge is 0.278 e. The van der Waals surface area contributed by atoms with Gasteiger partial charge in [-0.2, -0.15) is 0 Å². The first-order valence-corrected chi connectivity index (χ1v) is 7.80. The highest BCUT2D eigenvalue weighted by molar-refractivity contribution is 6.04. The van der Waals surface area contributed by atoms with Crippen LogP contribution < -0.4 is 9.80 Å². The maximum atomic E-state index is 12.5. The third-order valence-corrected chi connectivity index (χ3v) is 4.11. The van der Waals surface area contributed by atoms with Crippen molar-refractivity contribution in [2.75, 3.05) is 43.0 Å². The molecule has 0 saturated carbocycles. The summed E-state index contributed by atoms with van der Waals surface area (Å²) in [6, 6.07) is 12.9. The Bertz CT molecular complexity index is 697. The Morgan fingerprint density at radius 3 is 2.33 bits per heavy atom. The molecule has 3 rings (SSSR count). The van der Waals surface area contributed by atoms with Crippen LogP contribution >= 0.6 is 0 Å². The Morgan fingerprint density at radius 1 is 1.04 bits per heavy atom. The van der Waals surface area contributed by atoms with E-state index in [1.54, 1.807) is 29.0 Å². The van der Waals surface area contributed by atoms with Crippen LogP contribution in [-0.4, -0.2) is 60.6 Å². The monoisotopic (exact) mass is 325 g/mol. The highest BCUT2D eigenvalue weighted by Crippen LogP contribution is 2.16. The second kappa shape index (κ2) is 7.08. The van der Waals surface area contributed by atoms with Gasteiger partial charge >= 0.3 is 0 Å². The number of carbonyl (C=O) groups is 2. The second-order valence-electron chi connectivity index (χ2n) is 5.60. The first-order chi connectivity index (χ1) is 11.7. The van der Waals surface area contributed by atoms with Gasteiger partial charge in [0.15, 0.2) is 11.5 Å². The molecule has 0 aliphatic carbocycles. The summed E-state index contributed by atoms with van der Waals surface area (Å²) in [5.41, 5.74) is 1.11. The highest BCUT2D eigenvalue weighted by Gasteiger charge is 2.19. The number of rotatable bonds is 4. The van der Waals surface area contributed by atoms with E-state index >= 15 is 0 Å². The Labute approximate surface area is 140 Å². The maximum absolute atomic E-state index is 12.5. The van der Waals surface area contributed by atoms with Crippen LogP contribution in [0.2, 0.25) is 0 Å². The van der Waals surface area contributed by atoms with Crippen molar-refractivity contribution in [1.29, 1.82) is 0 Å². The minimum atomic E-state index is -0.203. The summed E-state index contributed by atoms with van der Waals surface area (Å²) >= 11 is 0. The first kappa shape index (κ1) is 15.9. The number of aromatic nitrogens is 2. The van der Waals surface area contributed by atoms with Crippen LogP contribution in [0.5, 0.6) is 0 Å². The number of anilines is 2. The molecule has 7 nitrogen and oxygen atoms in total. The molecule has 1 aromatic heterocycles. The van der Waals surface area contributed by atoms with Crippen LogP contribution in [0.3, 0.4) is 0 Å². The van der Waals surface area contributed by atoms with Gasteiger partial charge in [0.1, 0.15) is 0 Å². The number of para-hydroxylation sites is 1. The van der Waals surface area contributed by atoms with E-state index in [0.29, 0.717) is 31.9 Å². The van der Waals surface area contributed by atoms with Crippen LogP contribution in [0.4, 0.5) is 11.5 Å². The molecular weight excluding hydrogens is 306 g/mol. The zero-order valence-electron chi connectivity index (χ0n) is 13.5. The van der Waals surface area contributed by atoms with Gasteiger partial charge in [-0.25, -0.2) is 0 Å². The molecule has 0 unspecified atom stereocenters. The van der Waals surface area contributed by atoms with Crippen molar-refractivity contribution in [3.8, 4) is 0 Å². The Hall–Kier alpha value is -2.96. The van der Waals surface area contributed by atoms with Gasteiger partial charge in [-0.15, -0.1) is 10.2 Å². The third-order valence-electron chi connectivity index (χ3n) is 4.11. The summed E-state index contributed by atoms with van der Waals surface area (Å²) in [6.07, 6.45) is 0.865. The number of benzene rings is 1. The van der Waals surface area contributed by atoms with Gasteiger partial charge in [-0.1, -0.05) is 18.2 Å². The normalized spacial score (nSPS) is 14.4. The minimum Gasteiger partial charge on any atom is -0.352 e. The summed E-state index contributed by atoms with van der Waals surface area (Å²) in [7, 11) is 1.71. The zero-order chi connectivity index (χ0) is 16.9. The topological polar surface area (TPSA) is 69.6 Å². The van der Waals surface area contributed by atoms with Crippen LogP contribution in [0.15, 0.2) is 42.5 Å². The van der Waals surface area contributed by atoms with Crippen LogP contribution in [0, 0.1) is 0 Å². The van der Waals surface area contributed by atoms with E-state index in [1.807, 2.05) is 30.3 Å². The van der Waals surface area contributed by atoms with Crippen molar-refractivity contribution in [3.05, 3.63) is 48.2 Å². The largest absolute Gasteiger partial charge is 0.352 e. The molecule has 1 aromatic carbocycles. The van der Waals surface area contributed by atoms with E-state index in [1.165, 1.54) is 0 Å². The Morgan fingerprint density at radius 2 is 1.75 bits per heavy atom. The van der Waals surface area contributed by atoms with Crippen LogP contribution in [0.25, 0.3) is 0 Å². The molecule has 2 aromatic rings. The molecule has 0 bridgehead atoms. The summed E-state index contributed by atoms with van der Waals surface area (Å²) < 4.78 is 0. The zero-order valence-corrected chi connectivity index (χ0v) is 13.5. The number of hydrogen-bond donors (Lipinski definition) is 0. The van der Waals surface area contributed by atoms with E-state index < -0.39 is 0 Å². The molecule has 1 aliphatic heterocycles. The van der Waals surface area contributed by atoms with Crippen molar-refractivity contribution in [1.82, 2.24) is 15.1 Å². The van der Waals surface area contributed by atoms with Crippen LogP contribution in [0.1, 0.15) is 10.5 Å².